The maximum atomic E-state index is 11.7. The third-order valence-corrected chi connectivity index (χ3v) is 13.4. The van der Waals surface area contributed by atoms with E-state index in [0.717, 1.165) is 0 Å². The van der Waals surface area contributed by atoms with Crippen LogP contribution in [-0.2, 0) is 65.9 Å². The Hall–Kier alpha value is -1.09. The van der Waals surface area contributed by atoms with Gasteiger partial charge in [-0.05, 0) is 0 Å². The fourth-order valence-electron chi connectivity index (χ4n) is 9.08. The number of hydrogen-bond acceptors (Lipinski definition) is 32. The summed E-state index contributed by atoms with van der Waals surface area (Å²) in [5.74, 6) is 0. The van der Waals surface area contributed by atoms with E-state index < -0.39 is 232 Å². The van der Waals surface area contributed by atoms with Crippen molar-refractivity contribution in [2.24, 2.45) is 0 Å². The van der Waals surface area contributed by atoms with Gasteiger partial charge >= 0.3 is 0 Å². The van der Waals surface area contributed by atoms with E-state index in [-0.39, 0.29) is 6.15 Å². The molecule has 0 spiro atoms. The van der Waals surface area contributed by atoms with E-state index in [0.29, 0.717) is 0 Å². The predicted molar refractivity (Wildman–Crippen MR) is 210 cm³/mol. The summed E-state index contributed by atoms with van der Waals surface area (Å²) in [6.07, 6.45) is -61.6. The van der Waals surface area contributed by atoms with Crippen molar-refractivity contribution < 1.29 is 163 Å². The lowest BCUT2D eigenvalue weighted by Crippen LogP contribution is -2.69. The second-order valence-electron chi connectivity index (χ2n) is 17.4. The Morgan fingerprint density at radius 3 is 0.662 bits per heavy atom. The molecule has 71 heavy (non-hydrogen) atoms. The molecule has 22 heterocycles. The standard InChI is InChI=1S/C36H61O33P.H3N/c37-1-7-25-13(42)19(48)31(58-7)65-26-8(2-38)60-33(21(50)15(26)44)67-28-10(4-40)62-35(23(52)17(28)46)69-30-12(6-57-70(54,55)56)63-36(24(53)18(30)47)68-29-11(5-41)61-34(22(51)16(29)45)66-27-9(3-39)59-32(64-25)20(49)14(27)43;/h7-53H,1-6H2,(H2,54,55,56);1H3/t7-,8-,9-,10-,11-,12-,13-,14-,15-,16-,17-,18-,19-,20-,21-,22-,23-,24-,25-,26-,27-,28-,29-,30-,31-,32-,33-,34-,35-,36-;/m1./s1. The average Bonchev–Trinajstić information content (AvgIpc) is 3.33. The molecule has 0 aromatic carbocycles. The summed E-state index contributed by atoms with van der Waals surface area (Å²) in [4.78, 5) is 21.1. The van der Waals surface area contributed by atoms with Gasteiger partial charge in [-0.3, -0.25) is 4.57 Å². The minimum Gasteiger partial charge on any atom is -0.756 e. The van der Waals surface area contributed by atoms with Crippen LogP contribution in [0.4, 0.5) is 0 Å². The lowest BCUT2D eigenvalue weighted by atomic mass is 9.94. The molecule has 12 bridgehead atoms. The molecule has 0 aromatic heterocycles. The third-order valence-electron chi connectivity index (χ3n) is 12.9. The van der Waals surface area contributed by atoms with Crippen LogP contribution in [0.15, 0.2) is 0 Å². The van der Waals surface area contributed by atoms with Gasteiger partial charge in [-0.1, -0.05) is 0 Å². The monoisotopic (exact) mass is 1070 g/mol. The Labute approximate surface area is 400 Å². The Morgan fingerprint density at radius 1 is 0.324 bits per heavy atom. The molecule has 35 heteroatoms. The number of quaternary nitrogens is 1. The number of phosphoric ester groups is 1. The van der Waals surface area contributed by atoms with E-state index in [1.54, 1.807) is 0 Å². The van der Waals surface area contributed by atoms with Crippen molar-refractivity contribution in [3.8, 4) is 0 Å². The molecule has 0 aliphatic carbocycles. The van der Waals surface area contributed by atoms with E-state index in [2.05, 4.69) is 4.52 Å². The average molecular weight is 1070 g/mol. The van der Waals surface area contributed by atoms with Gasteiger partial charge in [-0.2, -0.15) is 0 Å². The highest BCUT2D eigenvalue weighted by atomic mass is 31.2. The Kier molecular flexibility index (Phi) is 20.4. The Balaban J connectivity index is 0.00000825. The summed E-state index contributed by atoms with van der Waals surface area (Å²) < 4.78 is 83.8. The number of hydrogen-bond donors (Lipinski definition) is 19. The predicted octanol–water partition coefficient (Wildman–Crippen LogP) is -13.2. The zero-order valence-corrected chi connectivity index (χ0v) is 38.1. The smallest absolute Gasteiger partial charge is 0.265 e. The van der Waals surface area contributed by atoms with Gasteiger partial charge in [0, 0.05) is 0 Å². The maximum absolute atomic E-state index is 11.7. The summed E-state index contributed by atoms with van der Waals surface area (Å²) in [6.45, 7) is -6.56. The molecule has 22 fully saturated rings. The number of phosphoric acid groups is 1. The van der Waals surface area contributed by atoms with Gasteiger partial charge in [0.2, 0.25) is 0 Å². The number of aliphatic hydroxyl groups is 17. The summed E-state index contributed by atoms with van der Waals surface area (Å²) in [5, 5.41) is 186. The van der Waals surface area contributed by atoms with Gasteiger partial charge in [0.15, 0.2) is 37.7 Å². The van der Waals surface area contributed by atoms with E-state index in [1.165, 1.54) is 0 Å². The van der Waals surface area contributed by atoms with Crippen LogP contribution in [0.3, 0.4) is 0 Å². The minimum absolute atomic E-state index is 0. The number of aliphatic hydroxyl groups excluding tert-OH is 17. The van der Waals surface area contributed by atoms with Crippen LogP contribution < -0.4 is 11.0 Å². The maximum Gasteiger partial charge on any atom is 0.265 e. The number of rotatable bonds is 8. The first kappa shape index (κ1) is 59.2. The van der Waals surface area contributed by atoms with E-state index in [4.69, 9.17) is 56.8 Å². The molecule has 31 atom stereocenters. The topological polar surface area (TPSA) is 561 Å². The van der Waals surface area contributed by atoms with Gasteiger partial charge in [0.1, 0.15) is 146 Å². The first-order valence-electron chi connectivity index (χ1n) is 21.8. The van der Waals surface area contributed by atoms with Crippen LogP contribution in [0.2, 0.25) is 0 Å². The van der Waals surface area contributed by atoms with Gasteiger partial charge < -0.3 is 164 Å². The molecule has 0 saturated carbocycles. The van der Waals surface area contributed by atoms with Crippen molar-refractivity contribution in [1.29, 1.82) is 0 Å². The highest BCUT2D eigenvalue weighted by Crippen LogP contribution is 2.39. The molecule has 22 aliphatic heterocycles. The molecule has 34 nitrogen and oxygen atoms in total. The molecule has 416 valence electrons. The van der Waals surface area contributed by atoms with Crippen molar-refractivity contribution in [3.05, 3.63) is 0 Å². The van der Waals surface area contributed by atoms with Crippen LogP contribution in [0, 0.1) is 0 Å². The van der Waals surface area contributed by atoms with Crippen molar-refractivity contribution in [2.45, 2.75) is 184 Å². The molecular weight excluding hydrogens is 1010 g/mol. The first-order chi connectivity index (χ1) is 33.1. The zero-order valence-electron chi connectivity index (χ0n) is 37.2. The molecule has 0 amide bonds. The summed E-state index contributed by atoms with van der Waals surface area (Å²) in [5.41, 5.74) is 0. The van der Waals surface area contributed by atoms with Crippen LogP contribution in [-0.4, -0.2) is 316 Å². The molecule has 0 aromatic rings. The molecule has 0 radical (unpaired) electrons. The molecule has 22 saturated heterocycles. The van der Waals surface area contributed by atoms with Crippen molar-refractivity contribution in [3.63, 3.8) is 0 Å². The summed E-state index contributed by atoms with van der Waals surface area (Å²) in [6, 6.07) is 0. The Morgan fingerprint density at radius 2 is 0.493 bits per heavy atom. The molecule has 22 aliphatic rings. The summed E-state index contributed by atoms with van der Waals surface area (Å²) in [7, 11) is -5.62. The largest absolute Gasteiger partial charge is 0.756 e. The minimum atomic E-state index is -5.62. The van der Waals surface area contributed by atoms with Gasteiger partial charge in [0.25, 0.3) is 7.82 Å². The first-order valence-corrected chi connectivity index (χ1v) is 23.3. The summed E-state index contributed by atoms with van der Waals surface area (Å²) >= 11 is 0. The van der Waals surface area contributed by atoms with Crippen molar-refractivity contribution in [1.82, 2.24) is 6.15 Å². The van der Waals surface area contributed by atoms with Crippen molar-refractivity contribution in [2.75, 3.05) is 39.6 Å². The second kappa shape index (κ2) is 24.5. The van der Waals surface area contributed by atoms with Crippen LogP contribution in [0.1, 0.15) is 0 Å². The van der Waals surface area contributed by atoms with E-state index in [9.17, 15) is 101 Å². The van der Waals surface area contributed by atoms with E-state index >= 15 is 0 Å². The highest BCUT2D eigenvalue weighted by molar-refractivity contribution is 7.44. The van der Waals surface area contributed by atoms with Crippen molar-refractivity contribution >= 4 is 7.82 Å². The molecule has 22 N–H and O–H groups in total. The Bertz CT molecular complexity index is 1700. The zero-order chi connectivity index (χ0) is 51.3. The van der Waals surface area contributed by atoms with Crippen LogP contribution in [0.5, 0.6) is 0 Å². The van der Waals surface area contributed by atoms with E-state index in [1.807, 2.05) is 0 Å². The lowest BCUT2D eigenvalue weighted by molar-refractivity contribution is -0.404. The van der Waals surface area contributed by atoms with Crippen LogP contribution >= 0.6 is 7.82 Å². The molecular formula is C36H64NO33P. The quantitative estimate of drug-likeness (QED) is 0.100. The molecule has 1 unspecified atom stereocenters. The van der Waals surface area contributed by atoms with Gasteiger partial charge in [-0.25, -0.2) is 0 Å². The fraction of sp³-hybridized carbons (Fsp3) is 1.00. The SMILES string of the molecule is O=P([O-])(O)OC[C@H]1O[C@@H]2O[C@H]3[C@H](O)[C@@H](O)[C@@H](O[C@H]4[C@H](O)[C@@H](O)[C@@H](O[C@H]5[C@H](O)[C@@H](O)[C@@H](O[C@H]6[C@H](O)[C@@H](O)[C@@H](O[C@H]7[C@H](O)[C@@H](O)[C@@H](O[C@H]1[C@H](O)[C@H]2O)O[C@@H]7CO)O[C@@H]6CO)O[C@@H]5CO)O[C@@H]4CO)O[C@@H]3CO.[NH4+]. The second-order valence-corrected chi connectivity index (χ2v) is 18.6. The highest BCUT2D eigenvalue weighted by Gasteiger charge is 2.58. The third kappa shape index (κ3) is 12.2. The fourth-order valence-corrected chi connectivity index (χ4v) is 9.42. The number of ether oxygens (including phenoxy) is 12. The molecule has 22 rings (SSSR count). The lowest BCUT2D eigenvalue weighted by Gasteiger charge is -2.50. The van der Waals surface area contributed by atoms with Crippen LogP contribution in [0.25, 0.3) is 0 Å². The van der Waals surface area contributed by atoms with Gasteiger partial charge in [-0.15, -0.1) is 0 Å². The van der Waals surface area contributed by atoms with Gasteiger partial charge in [0.05, 0.1) is 39.6 Å². The normalized spacial score (nSPS) is 53.1.